The maximum absolute atomic E-state index is 13.2. The van der Waals surface area contributed by atoms with Crippen LogP contribution in [0.25, 0.3) is 0 Å². The molecule has 2 rings (SSSR count). The number of nitrogens with zero attached hydrogens (tertiary/aromatic N) is 1. The van der Waals surface area contributed by atoms with Gasteiger partial charge in [-0.05, 0) is 43.3 Å². The molecule has 0 radical (unpaired) electrons. The molecule has 0 saturated carbocycles. The number of rotatable bonds is 8. The molecule has 0 aliphatic heterocycles. The third-order valence-corrected chi connectivity index (χ3v) is 5.25. The lowest BCUT2D eigenvalue weighted by Gasteiger charge is -2.28. The normalized spacial score (nSPS) is 12.0. The second-order valence-corrected chi connectivity index (χ2v) is 8.10. The van der Waals surface area contributed by atoms with E-state index in [4.69, 9.17) is 0 Å². The van der Waals surface area contributed by atoms with Crippen LogP contribution in [0.3, 0.4) is 0 Å². The fourth-order valence-corrected chi connectivity index (χ4v) is 3.86. The van der Waals surface area contributed by atoms with E-state index in [1.807, 2.05) is 0 Å². The van der Waals surface area contributed by atoms with Crippen LogP contribution in [-0.2, 0) is 14.8 Å². The van der Waals surface area contributed by atoms with Gasteiger partial charge in [-0.2, -0.15) is 0 Å². The minimum absolute atomic E-state index is 0.147. The van der Waals surface area contributed by atoms with Gasteiger partial charge in [-0.15, -0.1) is 6.58 Å². The Morgan fingerprint density at radius 2 is 1.79 bits per heavy atom. The summed E-state index contributed by atoms with van der Waals surface area (Å²) >= 11 is 0. The lowest BCUT2D eigenvalue weighted by molar-refractivity contribution is -0.116. The van der Waals surface area contributed by atoms with Crippen molar-refractivity contribution in [3.63, 3.8) is 0 Å². The molecule has 0 heterocycles. The first-order chi connectivity index (χ1) is 13.6. The highest BCUT2D eigenvalue weighted by Crippen LogP contribution is 2.23. The number of carbonyl (C=O) groups excluding carboxylic acids is 2. The van der Waals surface area contributed by atoms with Gasteiger partial charge in [0.2, 0.25) is 15.9 Å². The minimum Gasteiger partial charge on any atom is -0.349 e. The van der Waals surface area contributed by atoms with Crippen molar-refractivity contribution >= 4 is 33.2 Å². The highest BCUT2D eigenvalue weighted by Gasteiger charge is 2.29. The number of hydrogen-bond acceptors (Lipinski definition) is 4. The molecule has 2 N–H and O–H groups in total. The number of anilines is 2. The van der Waals surface area contributed by atoms with Crippen LogP contribution < -0.4 is 14.9 Å². The van der Waals surface area contributed by atoms with E-state index in [2.05, 4.69) is 17.2 Å². The molecular weight excluding hydrogens is 397 g/mol. The van der Waals surface area contributed by atoms with E-state index < -0.39 is 33.7 Å². The highest BCUT2D eigenvalue weighted by atomic mass is 32.2. The number of benzene rings is 2. The van der Waals surface area contributed by atoms with Crippen molar-refractivity contribution in [1.29, 1.82) is 0 Å². The van der Waals surface area contributed by atoms with Gasteiger partial charge in [0.1, 0.15) is 11.9 Å². The Morgan fingerprint density at radius 3 is 2.38 bits per heavy atom. The van der Waals surface area contributed by atoms with E-state index in [1.54, 1.807) is 12.1 Å². The van der Waals surface area contributed by atoms with Crippen LogP contribution in [0.2, 0.25) is 0 Å². The predicted octanol–water partition coefficient (Wildman–Crippen LogP) is 2.53. The van der Waals surface area contributed by atoms with Gasteiger partial charge in [-0.3, -0.25) is 13.9 Å². The second-order valence-electron chi connectivity index (χ2n) is 6.24. The Hall–Kier alpha value is -3.20. The van der Waals surface area contributed by atoms with Crippen molar-refractivity contribution in [1.82, 2.24) is 5.32 Å². The van der Waals surface area contributed by atoms with Crippen molar-refractivity contribution < 1.29 is 22.4 Å². The molecular formula is C20H22FN3O4S. The average Bonchev–Trinajstić information content (AvgIpc) is 2.67. The largest absolute Gasteiger partial charge is 0.349 e. The first kappa shape index (κ1) is 22.1. The van der Waals surface area contributed by atoms with Crippen LogP contribution in [0, 0.1) is 5.82 Å². The number of halogens is 1. The summed E-state index contributed by atoms with van der Waals surface area (Å²) < 4.78 is 38.7. The third-order valence-electron chi connectivity index (χ3n) is 4.01. The van der Waals surface area contributed by atoms with Crippen LogP contribution in [0.15, 0.2) is 61.2 Å². The molecule has 9 heteroatoms. The predicted molar refractivity (Wildman–Crippen MR) is 111 cm³/mol. The Labute approximate surface area is 169 Å². The third kappa shape index (κ3) is 5.64. The van der Waals surface area contributed by atoms with Crippen LogP contribution in [-0.4, -0.2) is 39.1 Å². The standard InChI is InChI=1S/C20H22FN3O4S/c1-4-13-22-20(26)17-7-5-6-8-18(17)23-19(25)14(2)24(29(3,27)28)16-11-9-15(21)10-12-16/h4-12,14H,1,13H2,2-3H3,(H,22,26)(H,23,25)/t14-/m1/s1. The van der Waals surface area contributed by atoms with E-state index >= 15 is 0 Å². The molecule has 0 aliphatic rings. The molecule has 0 bridgehead atoms. The molecule has 2 aromatic rings. The molecule has 1 atom stereocenters. The number of carbonyl (C=O) groups is 2. The van der Waals surface area contributed by atoms with Crippen molar-refractivity contribution in [2.45, 2.75) is 13.0 Å². The lowest BCUT2D eigenvalue weighted by Crippen LogP contribution is -2.45. The van der Waals surface area contributed by atoms with Gasteiger partial charge >= 0.3 is 0 Å². The Kier molecular flexibility index (Phi) is 7.11. The zero-order valence-corrected chi connectivity index (χ0v) is 16.9. The molecule has 0 spiro atoms. The summed E-state index contributed by atoms with van der Waals surface area (Å²) in [6.45, 7) is 5.18. The van der Waals surface area contributed by atoms with Gasteiger partial charge in [0.25, 0.3) is 5.91 Å². The molecule has 154 valence electrons. The Morgan fingerprint density at radius 1 is 1.17 bits per heavy atom. The Bertz CT molecular complexity index is 1010. The summed E-state index contributed by atoms with van der Waals surface area (Å²) in [4.78, 5) is 25.1. The minimum atomic E-state index is -3.85. The molecule has 0 fully saturated rings. The van der Waals surface area contributed by atoms with Gasteiger partial charge in [0, 0.05) is 6.54 Å². The molecule has 0 aliphatic carbocycles. The fraction of sp³-hybridized carbons (Fsp3) is 0.200. The molecule has 29 heavy (non-hydrogen) atoms. The molecule has 0 saturated heterocycles. The zero-order chi connectivity index (χ0) is 21.6. The van der Waals surface area contributed by atoms with Crippen LogP contribution in [0.4, 0.5) is 15.8 Å². The van der Waals surface area contributed by atoms with Crippen LogP contribution in [0.1, 0.15) is 17.3 Å². The fourth-order valence-electron chi connectivity index (χ4n) is 2.68. The van der Waals surface area contributed by atoms with E-state index in [1.165, 1.54) is 37.3 Å². The molecule has 7 nitrogen and oxygen atoms in total. The number of sulfonamides is 1. The van der Waals surface area contributed by atoms with E-state index in [-0.39, 0.29) is 23.5 Å². The molecule has 2 amide bonds. The summed E-state index contributed by atoms with van der Waals surface area (Å²) in [7, 11) is -3.85. The number of para-hydroxylation sites is 1. The van der Waals surface area contributed by atoms with Crippen molar-refractivity contribution in [3.8, 4) is 0 Å². The summed E-state index contributed by atoms with van der Waals surface area (Å²) in [6, 6.07) is 9.97. The van der Waals surface area contributed by atoms with E-state index in [9.17, 15) is 22.4 Å². The summed E-state index contributed by atoms with van der Waals surface area (Å²) in [5, 5.41) is 5.22. The average molecular weight is 419 g/mol. The summed E-state index contributed by atoms with van der Waals surface area (Å²) in [6.07, 6.45) is 2.48. The smallest absolute Gasteiger partial charge is 0.253 e. The Balaban J connectivity index is 2.30. The first-order valence-electron chi connectivity index (χ1n) is 8.69. The first-order valence-corrected chi connectivity index (χ1v) is 10.5. The van der Waals surface area contributed by atoms with Crippen molar-refractivity contribution in [2.75, 3.05) is 22.4 Å². The molecule has 0 unspecified atom stereocenters. The van der Waals surface area contributed by atoms with Gasteiger partial charge in [-0.1, -0.05) is 18.2 Å². The van der Waals surface area contributed by atoms with E-state index in [0.717, 1.165) is 22.7 Å². The number of hydrogen-bond donors (Lipinski definition) is 2. The van der Waals surface area contributed by atoms with Crippen LogP contribution in [0.5, 0.6) is 0 Å². The highest BCUT2D eigenvalue weighted by molar-refractivity contribution is 7.92. The topological polar surface area (TPSA) is 95.6 Å². The van der Waals surface area contributed by atoms with Gasteiger partial charge in [0.05, 0.1) is 23.2 Å². The SMILES string of the molecule is C=CCNC(=O)c1ccccc1NC(=O)[C@@H](C)N(c1ccc(F)cc1)S(C)(=O)=O. The number of amides is 2. The van der Waals surface area contributed by atoms with E-state index in [0.29, 0.717) is 0 Å². The van der Waals surface area contributed by atoms with Crippen LogP contribution >= 0.6 is 0 Å². The van der Waals surface area contributed by atoms with Gasteiger partial charge in [-0.25, -0.2) is 12.8 Å². The molecule has 2 aromatic carbocycles. The van der Waals surface area contributed by atoms with Gasteiger partial charge < -0.3 is 10.6 Å². The maximum atomic E-state index is 13.2. The van der Waals surface area contributed by atoms with Gasteiger partial charge in [0.15, 0.2) is 0 Å². The monoisotopic (exact) mass is 419 g/mol. The second kappa shape index (κ2) is 9.33. The number of nitrogens with one attached hydrogen (secondary N) is 2. The van der Waals surface area contributed by atoms with Crippen molar-refractivity contribution in [3.05, 3.63) is 72.6 Å². The quantitative estimate of drug-likeness (QED) is 0.643. The summed E-state index contributed by atoms with van der Waals surface area (Å²) in [5.74, 6) is -1.59. The van der Waals surface area contributed by atoms with Crippen molar-refractivity contribution in [2.24, 2.45) is 0 Å². The zero-order valence-electron chi connectivity index (χ0n) is 16.1. The lowest BCUT2D eigenvalue weighted by atomic mass is 10.1. The molecule has 0 aromatic heterocycles. The summed E-state index contributed by atoms with van der Waals surface area (Å²) in [5.41, 5.74) is 0.606. The maximum Gasteiger partial charge on any atom is 0.253 e.